The molecule has 0 saturated heterocycles. The highest BCUT2D eigenvalue weighted by Crippen LogP contribution is 2.34. The van der Waals surface area contributed by atoms with Gasteiger partial charge in [0.25, 0.3) is 0 Å². The average Bonchev–Trinajstić information content (AvgIpc) is 2.82. The van der Waals surface area contributed by atoms with Gasteiger partial charge in [0.1, 0.15) is 5.69 Å². The molecule has 0 aliphatic carbocycles. The number of benzene rings is 1. The third-order valence-corrected chi connectivity index (χ3v) is 3.92. The number of anilines is 1. The van der Waals surface area contributed by atoms with Gasteiger partial charge in [0.15, 0.2) is 5.52 Å². The average molecular weight is 280 g/mol. The quantitative estimate of drug-likeness (QED) is 0.673. The number of likely N-dealkylation sites (N-methyl/N-ethyl adjacent to an activating group) is 1. The summed E-state index contributed by atoms with van der Waals surface area (Å²) in [5, 5.41) is 14.4. The summed E-state index contributed by atoms with van der Waals surface area (Å²) < 4.78 is 0.831. The van der Waals surface area contributed by atoms with Crippen LogP contribution < -0.4 is 5.32 Å². The fraction of sp³-hybridized carbons (Fsp3) is 0.417. The molecule has 0 saturated carbocycles. The van der Waals surface area contributed by atoms with Crippen molar-refractivity contribution in [2.75, 3.05) is 26.0 Å². The molecule has 7 heteroatoms. The van der Waals surface area contributed by atoms with Gasteiger partial charge in [-0.3, -0.25) is 10.1 Å². The van der Waals surface area contributed by atoms with Crippen molar-refractivity contribution in [2.45, 2.75) is 13.0 Å². The zero-order valence-electron chi connectivity index (χ0n) is 11.1. The predicted octanol–water partition coefficient (Wildman–Crippen LogP) is 2.57. The van der Waals surface area contributed by atoms with Gasteiger partial charge in [-0.15, -0.1) is 11.3 Å². The second-order valence-corrected chi connectivity index (χ2v) is 5.50. The summed E-state index contributed by atoms with van der Waals surface area (Å²) in [6.45, 7) is 2.70. The van der Waals surface area contributed by atoms with Crippen molar-refractivity contribution < 1.29 is 4.92 Å². The van der Waals surface area contributed by atoms with E-state index in [1.54, 1.807) is 11.6 Å². The van der Waals surface area contributed by atoms with Crippen LogP contribution in [0.4, 0.5) is 11.4 Å². The van der Waals surface area contributed by atoms with Gasteiger partial charge in [0, 0.05) is 12.6 Å². The van der Waals surface area contributed by atoms with E-state index in [1.165, 1.54) is 11.3 Å². The number of nitrogens with zero attached hydrogens (tertiary/aromatic N) is 3. The third-order valence-electron chi connectivity index (χ3n) is 3.13. The molecule has 1 heterocycles. The van der Waals surface area contributed by atoms with Crippen molar-refractivity contribution in [3.63, 3.8) is 0 Å². The largest absolute Gasteiger partial charge is 0.378 e. The van der Waals surface area contributed by atoms with Crippen molar-refractivity contribution in [1.82, 2.24) is 9.88 Å². The van der Waals surface area contributed by atoms with Crippen molar-refractivity contribution in [3.8, 4) is 0 Å². The van der Waals surface area contributed by atoms with Crippen LogP contribution in [0.5, 0.6) is 0 Å². The molecule has 19 heavy (non-hydrogen) atoms. The lowest BCUT2D eigenvalue weighted by Gasteiger charge is -2.20. The first-order chi connectivity index (χ1) is 9.00. The lowest BCUT2D eigenvalue weighted by atomic mass is 10.2. The molecule has 1 aromatic carbocycles. The predicted molar refractivity (Wildman–Crippen MR) is 77.9 cm³/mol. The Kier molecular flexibility index (Phi) is 3.96. The Balaban J connectivity index is 2.32. The van der Waals surface area contributed by atoms with Crippen LogP contribution in [-0.4, -0.2) is 41.5 Å². The first-order valence-electron chi connectivity index (χ1n) is 5.91. The normalized spacial score (nSPS) is 12.8. The maximum Gasteiger partial charge on any atom is 0.319 e. The smallest absolute Gasteiger partial charge is 0.319 e. The Morgan fingerprint density at radius 3 is 2.89 bits per heavy atom. The van der Waals surface area contributed by atoms with Crippen molar-refractivity contribution in [3.05, 3.63) is 27.8 Å². The molecule has 2 rings (SSSR count). The molecular weight excluding hydrogens is 264 g/mol. The van der Waals surface area contributed by atoms with Crippen LogP contribution in [0, 0.1) is 10.1 Å². The standard InChI is InChI=1S/C12H16N4O2S/c1-8(15(2)3)6-13-9-4-5-10-11(14-7-19-10)12(9)16(17)18/h4-5,7-8,13H,6H2,1-3H3. The summed E-state index contributed by atoms with van der Waals surface area (Å²) in [4.78, 5) is 17.0. The molecule has 1 unspecified atom stereocenters. The molecule has 0 amide bonds. The lowest BCUT2D eigenvalue weighted by Crippen LogP contribution is -2.31. The number of hydrogen-bond donors (Lipinski definition) is 1. The molecule has 0 bridgehead atoms. The Morgan fingerprint density at radius 2 is 2.26 bits per heavy atom. The molecule has 0 spiro atoms. The molecule has 0 fully saturated rings. The molecule has 1 N–H and O–H groups in total. The first-order valence-corrected chi connectivity index (χ1v) is 6.79. The van der Waals surface area contributed by atoms with Crippen LogP contribution in [0.3, 0.4) is 0 Å². The molecule has 0 radical (unpaired) electrons. The summed E-state index contributed by atoms with van der Waals surface area (Å²) in [6, 6.07) is 3.90. The van der Waals surface area contributed by atoms with E-state index in [4.69, 9.17) is 0 Å². The highest BCUT2D eigenvalue weighted by Gasteiger charge is 2.20. The number of thiazole rings is 1. The highest BCUT2D eigenvalue weighted by molar-refractivity contribution is 7.16. The second-order valence-electron chi connectivity index (χ2n) is 4.61. The minimum Gasteiger partial charge on any atom is -0.378 e. The molecule has 6 nitrogen and oxygen atoms in total. The lowest BCUT2D eigenvalue weighted by molar-refractivity contribution is -0.382. The minimum absolute atomic E-state index is 0.0599. The number of fused-ring (bicyclic) bond motifs is 1. The maximum absolute atomic E-state index is 11.2. The van der Waals surface area contributed by atoms with Gasteiger partial charge in [0.2, 0.25) is 0 Å². The van der Waals surface area contributed by atoms with Gasteiger partial charge >= 0.3 is 5.69 Å². The summed E-state index contributed by atoms with van der Waals surface area (Å²) in [5.74, 6) is 0. The van der Waals surface area contributed by atoms with Crippen LogP contribution in [0.1, 0.15) is 6.92 Å². The number of aromatic nitrogens is 1. The van der Waals surface area contributed by atoms with E-state index in [2.05, 4.69) is 22.1 Å². The van der Waals surface area contributed by atoms with Gasteiger partial charge in [-0.05, 0) is 33.2 Å². The Morgan fingerprint density at radius 1 is 1.53 bits per heavy atom. The molecule has 1 aromatic heterocycles. The van der Waals surface area contributed by atoms with Crippen LogP contribution in [0.15, 0.2) is 17.6 Å². The van der Waals surface area contributed by atoms with E-state index in [-0.39, 0.29) is 16.7 Å². The fourth-order valence-corrected chi connectivity index (χ4v) is 2.36. The Labute approximate surface area is 115 Å². The SMILES string of the molecule is CC(CNc1ccc2scnc2c1[N+](=O)[O-])N(C)C. The molecule has 102 valence electrons. The monoisotopic (exact) mass is 280 g/mol. The van der Waals surface area contributed by atoms with Crippen LogP contribution in [0.2, 0.25) is 0 Å². The van der Waals surface area contributed by atoms with Gasteiger partial charge in [-0.1, -0.05) is 0 Å². The van der Waals surface area contributed by atoms with Gasteiger partial charge in [-0.25, -0.2) is 4.98 Å². The number of nitrogens with one attached hydrogen (secondary N) is 1. The number of nitro groups is 1. The second kappa shape index (κ2) is 5.50. The Bertz CT molecular complexity index is 596. The van der Waals surface area contributed by atoms with E-state index < -0.39 is 0 Å². The summed E-state index contributed by atoms with van der Waals surface area (Å²) in [7, 11) is 3.95. The first kappa shape index (κ1) is 13.7. The minimum atomic E-state index is -0.370. The van der Waals surface area contributed by atoms with E-state index in [0.29, 0.717) is 17.7 Å². The highest BCUT2D eigenvalue weighted by atomic mass is 32.1. The van der Waals surface area contributed by atoms with Crippen molar-refractivity contribution in [2.24, 2.45) is 0 Å². The summed E-state index contributed by atoms with van der Waals surface area (Å²) >= 11 is 1.41. The van der Waals surface area contributed by atoms with Crippen molar-refractivity contribution >= 4 is 32.9 Å². The van der Waals surface area contributed by atoms with E-state index in [0.717, 1.165) is 4.70 Å². The van der Waals surface area contributed by atoms with E-state index in [1.807, 2.05) is 20.2 Å². The van der Waals surface area contributed by atoms with Gasteiger partial charge in [0.05, 0.1) is 15.1 Å². The van der Waals surface area contributed by atoms with E-state index >= 15 is 0 Å². The third kappa shape index (κ3) is 2.82. The summed E-state index contributed by atoms with van der Waals surface area (Å²) in [5.41, 5.74) is 2.67. The fourth-order valence-electron chi connectivity index (χ4n) is 1.68. The zero-order valence-corrected chi connectivity index (χ0v) is 11.9. The molecule has 1 atom stereocenters. The zero-order chi connectivity index (χ0) is 14.0. The number of rotatable bonds is 5. The number of hydrogen-bond acceptors (Lipinski definition) is 6. The number of nitro benzene ring substituents is 1. The van der Waals surface area contributed by atoms with Crippen LogP contribution >= 0.6 is 11.3 Å². The van der Waals surface area contributed by atoms with Crippen LogP contribution in [0.25, 0.3) is 10.2 Å². The molecular formula is C12H16N4O2S. The Hall–Kier alpha value is -1.73. The van der Waals surface area contributed by atoms with Crippen LogP contribution in [-0.2, 0) is 0 Å². The topological polar surface area (TPSA) is 71.3 Å². The molecule has 0 aliphatic rings. The van der Waals surface area contributed by atoms with Crippen molar-refractivity contribution in [1.29, 1.82) is 0 Å². The van der Waals surface area contributed by atoms with Gasteiger partial charge < -0.3 is 10.2 Å². The maximum atomic E-state index is 11.2. The van der Waals surface area contributed by atoms with Gasteiger partial charge in [-0.2, -0.15) is 0 Å². The molecule has 0 aliphatic heterocycles. The summed E-state index contributed by atoms with van der Waals surface area (Å²) in [6.07, 6.45) is 0. The van der Waals surface area contributed by atoms with E-state index in [9.17, 15) is 10.1 Å². The molecule has 2 aromatic rings.